The number of carbonyl (C=O) groups is 1. The molecule has 3 rings (SSSR count). The first-order valence-corrected chi connectivity index (χ1v) is 12.5. The summed E-state index contributed by atoms with van der Waals surface area (Å²) in [4.78, 5) is 16.4. The zero-order chi connectivity index (χ0) is 26.1. The van der Waals surface area contributed by atoms with E-state index in [-0.39, 0.29) is 6.54 Å². The Morgan fingerprint density at radius 1 is 1.20 bits per heavy atom. The van der Waals surface area contributed by atoms with E-state index in [2.05, 4.69) is 9.71 Å². The molecule has 2 heterocycles. The standard InChI is InChI=1S/C14H18N6O2S2.C8H10O.C2H6/c15-10(8-20(16)9-13(21)19-22)7-18-24-14-5-4-12(23-14)11-3-1-2-6-17-11;1-7-5-3-4-6-8(7)9-2;1-2/h1-6,8,18,22H,7,9,15-16H2,(H,19,21);3-6H,1-2H3;1-2H3/b10-8-;;. The van der Waals surface area contributed by atoms with E-state index in [0.717, 1.165) is 25.5 Å². The van der Waals surface area contributed by atoms with E-state index in [1.54, 1.807) is 24.6 Å². The van der Waals surface area contributed by atoms with Gasteiger partial charge in [0.05, 0.1) is 21.9 Å². The molecule has 1 amide bonds. The first-order valence-electron chi connectivity index (χ1n) is 10.8. The summed E-state index contributed by atoms with van der Waals surface area (Å²) in [6.07, 6.45) is 3.19. The van der Waals surface area contributed by atoms with Crippen LogP contribution >= 0.6 is 23.3 Å². The molecule has 0 fully saturated rings. The minimum absolute atomic E-state index is 0.192. The summed E-state index contributed by atoms with van der Waals surface area (Å²) in [5, 5.41) is 9.51. The smallest absolute Gasteiger partial charge is 0.264 e. The second kappa shape index (κ2) is 17.4. The van der Waals surface area contributed by atoms with Crippen LogP contribution in [-0.4, -0.2) is 41.3 Å². The van der Waals surface area contributed by atoms with Crippen molar-refractivity contribution in [3.63, 3.8) is 0 Å². The lowest BCUT2D eigenvalue weighted by molar-refractivity contribution is -0.129. The summed E-state index contributed by atoms with van der Waals surface area (Å²) >= 11 is 3.08. The van der Waals surface area contributed by atoms with Crippen LogP contribution in [0.4, 0.5) is 0 Å². The number of benzene rings is 1. The number of methoxy groups -OCH3 is 1. The van der Waals surface area contributed by atoms with Crippen LogP contribution in [0.3, 0.4) is 0 Å². The molecule has 1 aromatic carbocycles. The van der Waals surface area contributed by atoms with Gasteiger partial charge < -0.3 is 15.5 Å². The molecule has 2 aromatic heterocycles. The van der Waals surface area contributed by atoms with Gasteiger partial charge in [-0.1, -0.05) is 38.1 Å². The van der Waals surface area contributed by atoms with Crippen LogP contribution in [0.1, 0.15) is 19.4 Å². The number of nitrogens with two attached hydrogens (primary N) is 2. The fourth-order valence-corrected chi connectivity index (χ4v) is 4.35. The van der Waals surface area contributed by atoms with Crippen molar-refractivity contribution in [3.05, 3.63) is 78.3 Å². The highest BCUT2D eigenvalue weighted by Gasteiger charge is 2.05. The third kappa shape index (κ3) is 11.7. The van der Waals surface area contributed by atoms with Crippen molar-refractivity contribution >= 4 is 29.2 Å². The molecule has 0 spiro atoms. The zero-order valence-electron chi connectivity index (χ0n) is 20.4. The van der Waals surface area contributed by atoms with E-state index in [4.69, 9.17) is 21.5 Å². The van der Waals surface area contributed by atoms with Gasteiger partial charge in [-0.3, -0.25) is 19.7 Å². The van der Waals surface area contributed by atoms with Crippen LogP contribution in [0, 0.1) is 6.92 Å². The molecule has 0 unspecified atom stereocenters. The molecule has 0 saturated heterocycles. The Kier molecular flexibility index (Phi) is 14.9. The average Bonchev–Trinajstić information content (AvgIpc) is 3.35. The topological polar surface area (TPSA) is 139 Å². The number of nitrogens with one attached hydrogen (secondary N) is 2. The highest BCUT2D eigenvalue weighted by molar-refractivity contribution is 7.99. The Bertz CT molecular complexity index is 1030. The highest BCUT2D eigenvalue weighted by Crippen LogP contribution is 2.31. The minimum atomic E-state index is -0.621. The number of ether oxygens (including phenoxy) is 1. The first kappa shape index (κ1) is 29.9. The minimum Gasteiger partial charge on any atom is -0.496 e. The van der Waals surface area contributed by atoms with E-state index in [1.165, 1.54) is 29.2 Å². The quantitative estimate of drug-likeness (QED) is 0.123. The number of rotatable bonds is 9. The average molecular weight is 519 g/mol. The van der Waals surface area contributed by atoms with E-state index >= 15 is 0 Å². The van der Waals surface area contributed by atoms with Crippen molar-refractivity contribution in [2.45, 2.75) is 25.0 Å². The maximum Gasteiger partial charge on any atom is 0.264 e. The number of pyridine rings is 1. The summed E-state index contributed by atoms with van der Waals surface area (Å²) in [6.45, 7) is 6.22. The van der Waals surface area contributed by atoms with Gasteiger partial charge in [0, 0.05) is 24.6 Å². The molecule has 0 aliphatic carbocycles. The van der Waals surface area contributed by atoms with Crippen molar-refractivity contribution < 1.29 is 14.7 Å². The summed E-state index contributed by atoms with van der Waals surface area (Å²) in [7, 11) is 1.68. The van der Waals surface area contributed by atoms with Gasteiger partial charge in [0.1, 0.15) is 12.3 Å². The van der Waals surface area contributed by atoms with Crippen molar-refractivity contribution in [1.82, 2.24) is 20.2 Å². The maximum atomic E-state index is 10.9. The van der Waals surface area contributed by atoms with Crippen LogP contribution in [0.25, 0.3) is 10.6 Å². The number of hydroxylamine groups is 1. The van der Waals surface area contributed by atoms with E-state index in [0.29, 0.717) is 12.2 Å². The summed E-state index contributed by atoms with van der Waals surface area (Å²) in [5.74, 6) is 5.90. The Labute approximate surface area is 215 Å². The van der Waals surface area contributed by atoms with Crippen LogP contribution in [0.15, 0.2) is 76.9 Å². The number of para-hydroxylation sites is 1. The number of carbonyl (C=O) groups excluding carboxylic acids is 1. The van der Waals surface area contributed by atoms with Crippen molar-refractivity contribution in [3.8, 4) is 16.3 Å². The Morgan fingerprint density at radius 2 is 1.91 bits per heavy atom. The predicted octanol–water partition coefficient (Wildman–Crippen LogP) is 3.92. The fraction of sp³-hybridized carbons (Fsp3) is 0.250. The Balaban J connectivity index is 0.000000464. The van der Waals surface area contributed by atoms with Crippen LogP contribution < -0.4 is 26.5 Å². The Hall–Kier alpha value is -3.09. The molecule has 35 heavy (non-hydrogen) atoms. The van der Waals surface area contributed by atoms with E-state index in [9.17, 15) is 4.79 Å². The third-order valence-corrected chi connectivity index (χ3v) is 6.07. The van der Waals surface area contributed by atoms with Gasteiger partial charge in [-0.2, -0.15) is 0 Å². The van der Waals surface area contributed by atoms with E-state index in [1.807, 2.05) is 75.4 Å². The van der Waals surface area contributed by atoms with Gasteiger partial charge in [0.25, 0.3) is 5.91 Å². The molecule has 3 aromatic rings. The summed E-state index contributed by atoms with van der Waals surface area (Å²) in [6, 6.07) is 17.8. The van der Waals surface area contributed by atoms with Crippen LogP contribution in [-0.2, 0) is 4.79 Å². The number of aryl methyl sites for hydroxylation is 1. The van der Waals surface area contributed by atoms with Crippen molar-refractivity contribution in [2.75, 3.05) is 20.2 Å². The fourth-order valence-electron chi connectivity index (χ4n) is 2.50. The first-order chi connectivity index (χ1) is 16.9. The number of hydrazine groups is 1. The van der Waals surface area contributed by atoms with E-state index < -0.39 is 5.91 Å². The number of hydrogen-bond donors (Lipinski definition) is 5. The molecule has 9 nitrogen and oxygen atoms in total. The normalized spacial score (nSPS) is 10.3. The van der Waals surface area contributed by atoms with Gasteiger partial charge in [-0.15, -0.1) is 11.3 Å². The van der Waals surface area contributed by atoms with Gasteiger partial charge in [-0.05, 0) is 54.8 Å². The molecule has 7 N–H and O–H groups in total. The molecular formula is C24H34N6O3S2. The predicted molar refractivity (Wildman–Crippen MR) is 144 cm³/mol. The SMILES string of the molecule is CC.COc1ccccc1C.N/C(=C\N(N)CC(=O)NO)CNSc1ccc(-c2ccccn2)s1. The zero-order valence-corrected chi connectivity index (χ0v) is 22.0. The Morgan fingerprint density at radius 3 is 2.51 bits per heavy atom. The number of amides is 1. The monoisotopic (exact) mass is 518 g/mol. The summed E-state index contributed by atoms with van der Waals surface area (Å²) < 4.78 is 9.24. The molecule has 0 bridgehead atoms. The maximum absolute atomic E-state index is 10.9. The van der Waals surface area contributed by atoms with Crippen molar-refractivity contribution in [2.24, 2.45) is 11.6 Å². The number of aromatic nitrogens is 1. The molecule has 0 radical (unpaired) electrons. The molecule has 0 aliphatic heterocycles. The molecule has 190 valence electrons. The lowest BCUT2D eigenvalue weighted by Gasteiger charge is -2.13. The lowest BCUT2D eigenvalue weighted by Crippen LogP contribution is -2.37. The number of hydrogen-bond acceptors (Lipinski definition) is 10. The van der Waals surface area contributed by atoms with Gasteiger partial charge in [0.2, 0.25) is 0 Å². The van der Waals surface area contributed by atoms with Crippen LogP contribution in [0.2, 0.25) is 0 Å². The number of nitrogens with zero attached hydrogens (tertiary/aromatic N) is 2. The molecule has 0 aliphatic rings. The molecule has 11 heteroatoms. The van der Waals surface area contributed by atoms with Crippen LogP contribution in [0.5, 0.6) is 5.75 Å². The second-order valence-electron chi connectivity index (χ2n) is 6.64. The van der Waals surface area contributed by atoms with Gasteiger partial charge in [0.15, 0.2) is 0 Å². The number of thiophene rings is 1. The molecular weight excluding hydrogens is 484 g/mol. The van der Waals surface area contributed by atoms with Crippen molar-refractivity contribution in [1.29, 1.82) is 0 Å². The highest BCUT2D eigenvalue weighted by atomic mass is 32.2. The molecule has 0 atom stereocenters. The third-order valence-electron chi connectivity index (χ3n) is 4.04. The summed E-state index contributed by atoms with van der Waals surface area (Å²) in [5.41, 5.74) is 9.89. The van der Waals surface area contributed by atoms with Gasteiger partial charge in [-0.25, -0.2) is 11.3 Å². The molecule has 0 saturated carbocycles. The largest absolute Gasteiger partial charge is 0.496 e. The second-order valence-corrected chi connectivity index (χ2v) is 8.91. The van der Waals surface area contributed by atoms with Gasteiger partial charge >= 0.3 is 0 Å². The lowest BCUT2D eigenvalue weighted by atomic mass is 10.2.